The second-order valence-electron chi connectivity index (χ2n) is 13.0. The molecule has 1 unspecified atom stereocenters. The minimum Gasteiger partial charge on any atom is -0.464 e. The van der Waals surface area contributed by atoms with Gasteiger partial charge in [-0.2, -0.15) is 4.98 Å². The van der Waals surface area contributed by atoms with Crippen LogP contribution in [0.5, 0.6) is 0 Å². The minimum absolute atomic E-state index is 0.116. The van der Waals surface area contributed by atoms with Gasteiger partial charge in [-0.1, -0.05) is 0 Å². The van der Waals surface area contributed by atoms with Crippen molar-refractivity contribution in [1.82, 2.24) is 19.8 Å². The molecule has 2 amide bonds. The molecular formula is C28H44N6O6. The first-order valence-electron chi connectivity index (χ1n) is 14.1. The zero-order valence-corrected chi connectivity index (χ0v) is 25.2. The minimum atomic E-state index is -0.578. The summed E-state index contributed by atoms with van der Waals surface area (Å²) in [6.45, 7) is 16.4. The van der Waals surface area contributed by atoms with E-state index in [2.05, 4.69) is 9.88 Å². The number of rotatable bonds is 3. The molecule has 2 aliphatic heterocycles. The summed E-state index contributed by atoms with van der Waals surface area (Å²) in [5.74, 6) is 0.480. The lowest BCUT2D eigenvalue weighted by Gasteiger charge is -2.43. The Balaban J connectivity index is 1.56. The van der Waals surface area contributed by atoms with E-state index in [-0.39, 0.29) is 29.5 Å². The van der Waals surface area contributed by atoms with Crippen molar-refractivity contribution >= 4 is 29.9 Å². The van der Waals surface area contributed by atoms with Crippen molar-refractivity contribution in [2.24, 2.45) is 0 Å². The summed E-state index contributed by atoms with van der Waals surface area (Å²) in [4.78, 5) is 55.5. The van der Waals surface area contributed by atoms with Crippen LogP contribution in [0, 0.1) is 0 Å². The normalized spacial score (nSPS) is 21.1. The lowest BCUT2D eigenvalue weighted by Crippen LogP contribution is -2.58. The predicted octanol–water partition coefficient (Wildman–Crippen LogP) is 3.69. The Morgan fingerprint density at radius 2 is 1.57 bits per heavy atom. The maximum Gasteiger partial charge on any atom is 0.410 e. The summed E-state index contributed by atoms with van der Waals surface area (Å²) in [5, 5.41) is 0. The Bertz CT molecular complexity index is 1130. The molecular weight excluding hydrogens is 516 g/mol. The largest absolute Gasteiger partial charge is 0.464 e. The monoisotopic (exact) mass is 560 g/mol. The predicted molar refractivity (Wildman–Crippen MR) is 150 cm³/mol. The average Bonchev–Trinajstić information content (AvgIpc) is 3.64. The third-order valence-electron chi connectivity index (χ3n) is 7.26. The lowest BCUT2D eigenvalue weighted by molar-refractivity contribution is 0.0105. The fraction of sp³-hybridized carbons (Fsp3) is 0.750. The average molecular weight is 561 g/mol. The first-order valence-corrected chi connectivity index (χ1v) is 14.1. The molecule has 0 aromatic carbocycles. The number of carbonyl (C=O) groups is 3. The van der Waals surface area contributed by atoms with Crippen LogP contribution >= 0.6 is 0 Å². The van der Waals surface area contributed by atoms with Gasteiger partial charge in [-0.05, 0) is 67.7 Å². The highest BCUT2D eigenvalue weighted by molar-refractivity contribution is 5.88. The third-order valence-corrected chi connectivity index (χ3v) is 7.26. The molecule has 1 aliphatic carbocycles. The van der Waals surface area contributed by atoms with E-state index in [1.165, 1.54) is 7.11 Å². The number of amides is 2. The van der Waals surface area contributed by atoms with E-state index in [4.69, 9.17) is 19.2 Å². The fourth-order valence-corrected chi connectivity index (χ4v) is 5.22. The number of anilines is 2. The molecule has 1 spiro atoms. The Kier molecular flexibility index (Phi) is 8.11. The van der Waals surface area contributed by atoms with Crippen molar-refractivity contribution in [3.8, 4) is 0 Å². The van der Waals surface area contributed by atoms with Crippen molar-refractivity contribution in [3.63, 3.8) is 0 Å². The van der Waals surface area contributed by atoms with Gasteiger partial charge in [0.1, 0.15) is 17.0 Å². The van der Waals surface area contributed by atoms with Gasteiger partial charge >= 0.3 is 18.2 Å². The number of aromatic nitrogens is 2. The van der Waals surface area contributed by atoms with Crippen LogP contribution in [0.3, 0.4) is 0 Å². The second-order valence-corrected chi connectivity index (χ2v) is 13.0. The summed E-state index contributed by atoms with van der Waals surface area (Å²) in [7, 11) is 1.33. The summed E-state index contributed by atoms with van der Waals surface area (Å²) in [5.41, 5.74) is -1.28. The van der Waals surface area contributed by atoms with Gasteiger partial charge in [-0.25, -0.2) is 19.4 Å². The molecule has 40 heavy (non-hydrogen) atoms. The van der Waals surface area contributed by atoms with Crippen molar-refractivity contribution < 1.29 is 28.6 Å². The van der Waals surface area contributed by atoms with Crippen LogP contribution in [0.2, 0.25) is 0 Å². The molecule has 0 radical (unpaired) electrons. The fourth-order valence-electron chi connectivity index (χ4n) is 5.22. The molecule has 3 aliphatic rings. The maximum atomic E-state index is 12.9. The van der Waals surface area contributed by atoms with E-state index < -0.39 is 17.2 Å². The SMILES string of the molecule is COC(=O)c1cc(N2CCN(C(=O)OC(C)(C)C)C3(CC3)C2)nc(N2CCCN(C(=O)OC(C)(C)C)CC2C)n1. The molecule has 4 rings (SSSR count). The number of esters is 1. The highest BCUT2D eigenvalue weighted by Gasteiger charge is 2.54. The molecule has 1 saturated carbocycles. The van der Waals surface area contributed by atoms with Crippen LogP contribution < -0.4 is 9.80 Å². The number of hydrogen-bond acceptors (Lipinski definition) is 10. The molecule has 222 valence electrons. The van der Waals surface area contributed by atoms with Gasteiger partial charge in [0, 0.05) is 51.4 Å². The molecule has 3 fully saturated rings. The van der Waals surface area contributed by atoms with Crippen LogP contribution in [0.15, 0.2) is 6.07 Å². The molecule has 1 aromatic rings. The number of ether oxygens (including phenoxy) is 3. The highest BCUT2D eigenvalue weighted by atomic mass is 16.6. The number of carbonyl (C=O) groups excluding carboxylic acids is 3. The van der Waals surface area contributed by atoms with Crippen molar-refractivity contribution in [2.75, 3.05) is 56.2 Å². The molecule has 0 N–H and O–H groups in total. The molecule has 0 bridgehead atoms. The Hall–Kier alpha value is -3.31. The van der Waals surface area contributed by atoms with Crippen LogP contribution in [-0.4, -0.2) is 107 Å². The summed E-state index contributed by atoms with van der Waals surface area (Å²) in [6, 6.07) is 1.54. The molecule has 12 heteroatoms. The van der Waals surface area contributed by atoms with Crippen LogP contribution in [0.25, 0.3) is 0 Å². The smallest absolute Gasteiger partial charge is 0.410 e. The first kappa shape index (κ1) is 29.7. The van der Waals surface area contributed by atoms with Crippen molar-refractivity contribution in [2.45, 2.75) is 90.5 Å². The highest BCUT2D eigenvalue weighted by Crippen LogP contribution is 2.45. The standard InChI is InChI=1S/C28H44N6O6/c1-19-17-31(24(36)39-26(2,3)4)12-9-13-33(19)23-29-20(22(35)38-8)16-21(30-23)32-14-15-34(28(18-32)10-11-28)25(37)40-27(5,6)7/h16,19H,9-15,17-18H2,1-8H3. The van der Waals surface area contributed by atoms with E-state index in [9.17, 15) is 14.4 Å². The van der Waals surface area contributed by atoms with Gasteiger partial charge in [0.05, 0.1) is 12.6 Å². The number of piperazine rings is 1. The topological polar surface area (TPSA) is 118 Å². The van der Waals surface area contributed by atoms with Crippen LogP contribution in [-0.2, 0) is 14.2 Å². The van der Waals surface area contributed by atoms with Gasteiger partial charge in [-0.3, -0.25) is 4.90 Å². The van der Waals surface area contributed by atoms with E-state index in [1.54, 1.807) is 11.0 Å². The Morgan fingerprint density at radius 1 is 0.925 bits per heavy atom. The number of hydrogen-bond donors (Lipinski definition) is 0. The van der Waals surface area contributed by atoms with Crippen LogP contribution in [0.1, 0.15) is 78.2 Å². The molecule has 12 nitrogen and oxygen atoms in total. The lowest BCUT2D eigenvalue weighted by atomic mass is 10.1. The number of methoxy groups -OCH3 is 1. The van der Waals surface area contributed by atoms with Gasteiger partial charge in [0.15, 0.2) is 5.69 Å². The molecule has 1 aromatic heterocycles. The van der Waals surface area contributed by atoms with Crippen LogP contribution in [0.4, 0.5) is 21.4 Å². The van der Waals surface area contributed by atoms with Crippen molar-refractivity contribution in [3.05, 3.63) is 11.8 Å². The molecule has 1 atom stereocenters. The van der Waals surface area contributed by atoms with E-state index in [0.717, 1.165) is 12.8 Å². The van der Waals surface area contributed by atoms with Crippen molar-refractivity contribution in [1.29, 1.82) is 0 Å². The van der Waals surface area contributed by atoms with Gasteiger partial charge in [-0.15, -0.1) is 0 Å². The Morgan fingerprint density at radius 3 is 2.17 bits per heavy atom. The van der Waals surface area contributed by atoms with Gasteiger partial charge < -0.3 is 28.9 Å². The molecule has 3 heterocycles. The molecule has 2 saturated heterocycles. The number of nitrogens with zero attached hydrogens (tertiary/aromatic N) is 6. The van der Waals surface area contributed by atoms with E-state index in [0.29, 0.717) is 57.5 Å². The maximum absolute atomic E-state index is 12.9. The zero-order chi connectivity index (χ0) is 29.5. The Labute approximate surface area is 236 Å². The summed E-state index contributed by atoms with van der Waals surface area (Å²) in [6.07, 6.45) is 1.82. The quantitative estimate of drug-likeness (QED) is 0.400. The van der Waals surface area contributed by atoms with E-state index in [1.807, 2.05) is 58.3 Å². The van der Waals surface area contributed by atoms with Gasteiger partial charge in [0.25, 0.3) is 0 Å². The zero-order valence-electron chi connectivity index (χ0n) is 25.2. The first-order chi connectivity index (χ1) is 18.6. The summed E-state index contributed by atoms with van der Waals surface area (Å²) < 4.78 is 16.3. The van der Waals surface area contributed by atoms with Gasteiger partial charge in [0.2, 0.25) is 5.95 Å². The third kappa shape index (κ3) is 6.87. The summed E-state index contributed by atoms with van der Waals surface area (Å²) >= 11 is 0. The second kappa shape index (κ2) is 10.9. The van der Waals surface area contributed by atoms with E-state index >= 15 is 0 Å².